The molecule has 0 spiro atoms. The zero-order valence-corrected chi connectivity index (χ0v) is 26.7. The lowest BCUT2D eigenvalue weighted by atomic mass is 10.1. The molecule has 0 radical (unpaired) electrons. The largest absolute Gasteiger partial charge is 0.497 e. The number of carbonyl (C=O) groups is 3. The van der Waals surface area contributed by atoms with E-state index in [1.165, 1.54) is 67.8 Å². The maximum atomic E-state index is 14.0. The van der Waals surface area contributed by atoms with Gasteiger partial charge in [-0.1, -0.05) is 31.2 Å². The molecule has 4 rings (SSSR count). The summed E-state index contributed by atoms with van der Waals surface area (Å²) < 4.78 is 62.4. The van der Waals surface area contributed by atoms with Gasteiger partial charge in [0.15, 0.2) is 0 Å². The molecular weight excluding hydrogens is 635 g/mol. The molecule has 242 valence electrons. The SMILES string of the molecule is CCCC(=O)Nc1ccc(S(=O)(=O)N(CC(N)=O)c2ccc(N(CC(N)=O)S(=O)(=O)c3ccc(OC)cc3)c3ccccc23)cc1. The summed E-state index contributed by atoms with van der Waals surface area (Å²) in [5.74, 6) is -1.68. The number of nitrogens with one attached hydrogen (secondary N) is 1. The number of fused-ring (bicyclic) bond motifs is 1. The number of carbonyl (C=O) groups excluding carboxylic acids is 3. The first-order chi connectivity index (χ1) is 21.8. The summed E-state index contributed by atoms with van der Waals surface area (Å²) in [5.41, 5.74) is 11.4. The first kappa shape index (κ1) is 33.7. The van der Waals surface area contributed by atoms with Crippen LogP contribution in [0.3, 0.4) is 0 Å². The molecule has 3 amide bonds. The zero-order chi connectivity index (χ0) is 33.6. The van der Waals surface area contributed by atoms with Gasteiger partial charge in [-0.15, -0.1) is 0 Å². The van der Waals surface area contributed by atoms with Crippen molar-refractivity contribution < 1.29 is 36.0 Å². The van der Waals surface area contributed by atoms with Crippen LogP contribution < -0.4 is 30.1 Å². The van der Waals surface area contributed by atoms with E-state index in [0.717, 1.165) is 8.61 Å². The van der Waals surface area contributed by atoms with Crippen molar-refractivity contribution in [1.29, 1.82) is 0 Å². The highest BCUT2D eigenvalue weighted by molar-refractivity contribution is 7.93. The number of sulfonamides is 2. The Morgan fingerprint density at radius 3 is 1.52 bits per heavy atom. The summed E-state index contributed by atoms with van der Waals surface area (Å²) >= 11 is 0. The zero-order valence-electron chi connectivity index (χ0n) is 25.0. The highest BCUT2D eigenvalue weighted by Crippen LogP contribution is 2.38. The predicted molar refractivity (Wildman–Crippen MR) is 174 cm³/mol. The molecule has 0 heterocycles. The molecule has 0 aliphatic heterocycles. The van der Waals surface area contributed by atoms with Crippen LogP contribution in [0.25, 0.3) is 10.8 Å². The van der Waals surface area contributed by atoms with Gasteiger partial charge in [-0.25, -0.2) is 16.8 Å². The van der Waals surface area contributed by atoms with E-state index in [-0.39, 0.29) is 37.8 Å². The number of nitrogens with zero attached hydrogens (tertiary/aromatic N) is 2. The van der Waals surface area contributed by atoms with Gasteiger partial charge in [-0.3, -0.25) is 23.0 Å². The molecule has 0 aliphatic carbocycles. The first-order valence-corrected chi connectivity index (χ1v) is 16.9. The van der Waals surface area contributed by atoms with Crippen LogP contribution in [0.4, 0.5) is 17.1 Å². The van der Waals surface area contributed by atoms with Crippen molar-refractivity contribution in [3.63, 3.8) is 0 Å². The second-order valence-electron chi connectivity index (χ2n) is 10.1. The smallest absolute Gasteiger partial charge is 0.264 e. The van der Waals surface area contributed by atoms with Crippen LogP contribution in [0, 0.1) is 0 Å². The third-order valence-electron chi connectivity index (χ3n) is 6.86. The van der Waals surface area contributed by atoms with Gasteiger partial charge in [0.2, 0.25) is 17.7 Å². The van der Waals surface area contributed by atoms with Crippen LogP contribution in [0.5, 0.6) is 5.75 Å². The number of methoxy groups -OCH3 is 1. The lowest BCUT2D eigenvalue weighted by Crippen LogP contribution is -2.39. The molecule has 4 aromatic rings. The summed E-state index contributed by atoms with van der Waals surface area (Å²) in [7, 11) is -7.36. The first-order valence-electron chi connectivity index (χ1n) is 14.0. The lowest BCUT2D eigenvalue weighted by Gasteiger charge is -2.28. The van der Waals surface area contributed by atoms with Gasteiger partial charge in [-0.2, -0.15) is 0 Å². The molecule has 0 atom stereocenters. The van der Waals surface area contributed by atoms with Crippen LogP contribution in [0.1, 0.15) is 19.8 Å². The second-order valence-corrected chi connectivity index (χ2v) is 13.8. The highest BCUT2D eigenvalue weighted by atomic mass is 32.2. The average Bonchev–Trinajstić information content (AvgIpc) is 3.02. The van der Waals surface area contributed by atoms with E-state index >= 15 is 0 Å². The molecule has 13 nitrogen and oxygen atoms in total. The van der Waals surface area contributed by atoms with Crippen LogP contribution in [0.2, 0.25) is 0 Å². The third kappa shape index (κ3) is 7.21. The molecule has 0 fully saturated rings. The number of anilines is 3. The van der Waals surface area contributed by atoms with Crippen LogP contribution in [-0.4, -0.2) is 54.8 Å². The number of primary amides is 2. The van der Waals surface area contributed by atoms with E-state index in [4.69, 9.17) is 16.2 Å². The number of rotatable bonds is 14. The molecule has 15 heteroatoms. The number of ether oxygens (including phenoxy) is 1. The van der Waals surface area contributed by atoms with Crippen molar-refractivity contribution in [2.24, 2.45) is 11.5 Å². The fraction of sp³-hybridized carbons (Fsp3) is 0.194. The fourth-order valence-electron chi connectivity index (χ4n) is 4.75. The summed E-state index contributed by atoms with van der Waals surface area (Å²) in [6, 6.07) is 19.9. The summed E-state index contributed by atoms with van der Waals surface area (Å²) in [6.45, 7) is 0.395. The Labute approximate surface area is 266 Å². The minimum absolute atomic E-state index is 0.0272. The Hall–Kier alpha value is -5.15. The van der Waals surface area contributed by atoms with Crippen molar-refractivity contribution >= 4 is 65.6 Å². The topological polar surface area (TPSA) is 199 Å². The normalized spacial score (nSPS) is 11.5. The van der Waals surface area contributed by atoms with Gasteiger partial charge in [-0.05, 0) is 67.1 Å². The molecule has 0 bridgehead atoms. The van der Waals surface area contributed by atoms with E-state index in [0.29, 0.717) is 24.3 Å². The molecule has 46 heavy (non-hydrogen) atoms. The maximum Gasteiger partial charge on any atom is 0.264 e. The van der Waals surface area contributed by atoms with Crippen molar-refractivity contribution in [2.45, 2.75) is 29.6 Å². The molecule has 4 aromatic carbocycles. The minimum Gasteiger partial charge on any atom is -0.497 e. The number of hydrogen-bond donors (Lipinski definition) is 3. The Bertz CT molecular complexity index is 1980. The van der Waals surface area contributed by atoms with E-state index < -0.39 is 45.0 Å². The standard InChI is InChI=1S/C31H33N5O8S2/c1-3-6-31(39)34-21-9-13-23(14-10-21)45(40,41)35(19-29(32)37)27-17-18-28(26-8-5-4-7-25(26)27)36(20-30(33)38)46(42,43)24-15-11-22(44-2)12-16-24/h4-5,7-18H,3,6,19-20H2,1-2H3,(H2,32,37)(H2,33,38)(H,34,39). The molecule has 0 unspecified atom stereocenters. The van der Waals surface area contributed by atoms with Crippen LogP contribution in [0.15, 0.2) is 94.7 Å². The Morgan fingerprint density at radius 1 is 0.696 bits per heavy atom. The number of amides is 3. The Morgan fingerprint density at radius 2 is 1.13 bits per heavy atom. The summed E-state index contributed by atoms with van der Waals surface area (Å²) in [5, 5.41) is 3.17. The Balaban J connectivity index is 1.85. The molecule has 0 aromatic heterocycles. The number of nitrogens with two attached hydrogens (primary N) is 2. The van der Waals surface area contributed by atoms with Crippen LogP contribution >= 0.6 is 0 Å². The fourth-order valence-corrected chi connectivity index (χ4v) is 7.65. The van der Waals surface area contributed by atoms with E-state index in [1.54, 1.807) is 24.3 Å². The van der Waals surface area contributed by atoms with Crippen molar-refractivity contribution in [1.82, 2.24) is 0 Å². The van der Waals surface area contributed by atoms with Gasteiger partial charge >= 0.3 is 0 Å². The van der Waals surface area contributed by atoms with Gasteiger partial charge in [0.05, 0.1) is 28.3 Å². The molecule has 0 saturated carbocycles. The average molecular weight is 668 g/mol. The van der Waals surface area contributed by atoms with Gasteiger partial charge in [0.25, 0.3) is 20.0 Å². The van der Waals surface area contributed by atoms with Crippen molar-refractivity contribution in [3.8, 4) is 5.75 Å². The molecule has 5 N–H and O–H groups in total. The summed E-state index contributed by atoms with van der Waals surface area (Å²) in [4.78, 5) is 36.0. The Kier molecular flexibility index (Phi) is 10.2. The monoisotopic (exact) mass is 667 g/mol. The maximum absolute atomic E-state index is 14.0. The van der Waals surface area contributed by atoms with Gasteiger partial charge in [0, 0.05) is 22.9 Å². The lowest BCUT2D eigenvalue weighted by molar-refractivity contribution is -0.117. The van der Waals surface area contributed by atoms with E-state index in [2.05, 4.69) is 5.32 Å². The van der Waals surface area contributed by atoms with Crippen LogP contribution in [-0.2, 0) is 34.4 Å². The van der Waals surface area contributed by atoms with E-state index in [1.807, 2.05) is 6.92 Å². The molecule has 0 saturated heterocycles. The minimum atomic E-state index is -4.42. The second kappa shape index (κ2) is 13.9. The van der Waals surface area contributed by atoms with Gasteiger partial charge < -0.3 is 21.5 Å². The van der Waals surface area contributed by atoms with E-state index in [9.17, 15) is 31.2 Å². The van der Waals surface area contributed by atoms with Crippen molar-refractivity contribution in [2.75, 3.05) is 34.1 Å². The third-order valence-corrected chi connectivity index (χ3v) is 10.4. The molecule has 0 aliphatic rings. The van der Waals surface area contributed by atoms with Crippen molar-refractivity contribution in [3.05, 3.63) is 84.9 Å². The predicted octanol–water partition coefficient (Wildman–Crippen LogP) is 2.95. The highest BCUT2D eigenvalue weighted by Gasteiger charge is 2.32. The summed E-state index contributed by atoms with van der Waals surface area (Å²) in [6.07, 6.45) is 0.939. The number of hydrogen-bond acceptors (Lipinski definition) is 8. The quantitative estimate of drug-likeness (QED) is 0.182. The number of benzene rings is 4. The molecular formula is C31H33N5O8S2. The van der Waals surface area contributed by atoms with Gasteiger partial charge in [0.1, 0.15) is 18.8 Å².